The van der Waals surface area contributed by atoms with E-state index in [2.05, 4.69) is 5.32 Å². The zero-order valence-corrected chi connectivity index (χ0v) is 13.3. The van der Waals surface area contributed by atoms with Gasteiger partial charge in [0.2, 0.25) is 0 Å². The van der Waals surface area contributed by atoms with Crippen molar-refractivity contribution < 1.29 is 9.53 Å². The number of piperidine rings is 1. The van der Waals surface area contributed by atoms with E-state index in [0.717, 1.165) is 26.1 Å². The van der Waals surface area contributed by atoms with Gasteiger partial charge in [-0.15, -0.1) is 0 Å². The molecule has 2 rings (SSSR count). The third-order valence-corrected chi connectivity index (χ3v) is 4.22. The summed E-state index contributed by atoms with van der Waals surface area (Å²) in [7, 11) is 0. The molecule has 4 nitrogen and oxygen atoms in total. The van der Waals surface area contributed by atoms with Crippen LogP contribution in [0.25, 0.3) is 0 Å². The number of carbonyl (C=O) groups excluding carboxylic acids is 1. The molecule has 0 aromatic heterocycles. The van der Waals surface area contributed by atoms with E-state index in [1.165, 1.54) is 32.1 Å². The fourth-order valence-corrected chi connectivity index (χ4v) is 3.19. The van der Waals surface area contributed by atoms with Crippen molar-refractivity contribution in [1.29, 1.82) is 0 Å². The second-order valence-corrected chi connectivity index (χ2v) is 7.32. The van der Waals surface area contributed by atoms with Gasteiger partial charge in [0.15, 0.2) is 0 Å². The Morgan fingerprint density at radius 2 is 1.90 bits per heavy atom. The number of carbonyl (C=O) groups is 1. The van der Waals surface area contributed by atoms with Crippen molar-refractivity contribution >= 4 is 6.09 Å². The van der Waals surface area contributed by atoms with Crippen LogP contribution in [0.2, 0.25) is 0 Å². The van der Waals surface area contributed by atoms with Gasteiger partial charge in [-0.3, -0.25) is 0 Å². The lowest BCUT2D eigenvalue weighted by Gasteiger charge is -2.34. The maximum Gasteiger partial charge on any atom is 0.410 e. The first kappa shape index (κ1) is 15.6. The molecule has 1 aliphatic carbocycles. The molecular weight excluding hydrogens is 252 g/mol. The third-order valence-electron chi connectivity index (χ3n) is 4.22. The lowest BCUT2D eigenvalue weighted by Crippen LogP contribution is -2.45. The predicted molar refractivity (Wildman–Crippen MR) is 80.8 cm³/mol. The molecule has 2 fully saturated rings. The highest BCUT2D eigenvalue weighted by Crippen LogP contribution is 2.21. The number of amides is 1. The summed E-state index contributed by atoms with van der Waals surface area (Å²) < 4.78 is 5.47. The molecule has 1 atom stereocenters. The smallest absolute Gasteiger partial charge is 0.410 e. The highest BCUT2D eigenvalue weighted by Gasteiger charge is 2.28. The van der Waals surface area contributed by atoms with Gasteiger partial charge in [-0.1, -0.05) is 12.8 Å². The van der Waals surface area contributed by atoms with E-state index < -0.39 is 5.60 Å². The van der Waals surface area contributed by atoms with E-state index in [9.17, 15) is 4.79 Å². The Bertz CT molecular complexity index is 319. The van der Waals surface area contributed by atoms with E-state index in [-0.39, 0.29) is 6.09 Å². The number of nitrogens with one attached hydrogen (secondary N) is 1. The zero-order chi connectivity index (χ0) is 14.6. The minimum absolute atomic E-state index is 0.150. The van der Waals surface area contributed by atoms with Crippen LogP contribution < -0.4 is 5.32 Å². The molecule has 116 valence electrons. The van der Waals surface area contributed by atoms with Gasteiger partial charge < -0.3 is 15.0 Å². The lowest BCUT2D eigenvalue weighted by atomic mass is 9.98. The molecule has 0 aromatic rings. The first-order chi connectivity index (χ1) is 9.44. The highest BCUT2D eigenvalue weighted by molar-refractivity contribution is 5.68. The van der Waals surface area contributed by atoms with Crippen LogP contribution in [0, 0.1) is 5.92 Å². The largest absolute Gasteiger partial charge is 0.444 e. The predicted octanol–water partition coefficient (Wildman–Crippen LogP) is 3.17. The average Bonchev–Trinajstić information content (AvgIpc) is 2.88. The highest BCUT2D eigenvalue weighted by atomic mass is 16.6. The van der Waals surface area contributed by atoms with Crippen LogP contribution in [0.1, 0.15) is 59.3 Å². The fourth-order valence-electron chi connectivity index (χ4n) is 3.19. The fraction of sp³-hybridized carbons (Fsp3) is 0.938. The monoisotopic (exact) mass is 282 g/mol. The maximum atomic E-state index is 12.1. The van der Waals surface area contributed by atoms with Gasteiger partial charge in [-0.2, -0.15) is 0 Å². The van der Waals surface area contributed by atoms with E-state index >= 15 is 0 Å². The SMILES string of the molecule is CC(C)(C)OC(=O)N1CCC[C@H](CNC2CCCC2)C1. The summed E-state index contributed by atoms with van der Waals surface area (Å²) >= 11 is 0. The van der Waals surface area contributed by atoms with Crippen molar-refractivity contribution in [3.05, 3.63) is 0 Å². The summed E-state index contributed by atoms with van der Waals surface area (Å²) in [6, 6.07) is 0.715. The molecule has 1 aliphatic heterocycles. The van der Waals surface area contributed by atoms with Crippen LogP contribution in [0.3, 0.4) is 0 Å². The van der Waals surface area contributed by atoms with Crippen LogP contribution in [0.4, 0.5) is 4.79 Å². The first-order valence-electron chi connectivity index (χ1n) is 8.15. The van der Waals surface area contributed by atoms with Crippen LogP contribution in [-0.2, 0) is 4.74 Å². The number of hydrogen-bond acceptors (Lipinski definition) is 3. The van der Waals surface area contributed by atoms with Crippen molar-refractivity contribution in [1.82, 2.24) is 10.2 Å². The summed E-state index contributed by atoms with van der Waals surface area (Å²) in [6.45, 7) is 8.50. The van der Waals surface area contributed by atoms with E-state index in [1.54, 1.807) is 0 Å². The van der Waals surface area contributed by atoms with Gasteiger partial charge in [-0.25, -0.2) is 4.79 Å². The number of hydrogen-bond donors (Lipinski definition) is 1. The maximum absolute atomic E-state index is 12.1. The molecule has 20 heavy (non-hydrogen) atoms. The van der Waals surface area contributed by atoms with Gasteiger partial charge in [-0.05, 0) is 58.9 Å². The van der Waals surface area contributed by atoms with E-state index in [0.29, 0.717) is 12.0 Å². The van der Waals surface area contributed by atoms with Crippen molar-refractivity contribution in [2.24, 2.45) is 5.92 Å². The second kappa shape index (κ2) is 6.79. The van der Waals surface area contributed by atoms with Crippen LogP contribution in [0.5, 0.6) is 0 Å². The minimum Gasteiger partial charge on any atom is -0.444 e. The Morgan fingerprint density at radius 1 is 1.20 bits per heavy atom. The molecule has 1 amide bonds. The lowest BCUT2D eigenvalue weighted by molar-refractivity contribution is 0.0165. The summed E-state index contributed by atoms with van der Waals surface area (Å²) in [6.07, 6.45) is 7.54. The van der Waals surface area contributed by atoms with Gasteiger partial charge >= 0.3 is 6.09 Å². The van der Waals surface area contributed by atoms with E-state index in [1.807, 2.05) is 25.7 Å². The number of likely N-dealkylation sites (tertiary alicyclic amines) is 1. The van der Waals surface area contributed by atoms with Crippen molar-refractivity contribution in [2.75, 3.05) is 19.6 Å². The standard InChI is InChI=1S/C16H30N2O2/c1-16(2,3)20-15(19)18-10-6-7-13(12-18)11-17-14-8-4-5-9-14/h13-14,17H,4-12H2,1-3H3/t13-/m1/s1. The van der Waals surface area contributed by atoms with Crippen LogP contribution in [0.15, 0.2) is 0 Å². The van der Waals surface area contributed by atoms with Crippen LogP contribution >= 0.6 is 0 Å². The molecule has 0 unspecified atom stereocenters. The van der Waals surface area contributed by atoms with Crippen molar-refractivity contribution in [3.8, 4) is 0 Å². The Balaban J connectivity index is 1.74. The Labute approximate surface area is 123 Å². The van der Waals surface area contributed by atoms with Gasteiger partial charge in [0.05, 0.1) is 0 Å². The van der Waals surface area contributed by atoms with Crippen LogP contribution in [-0.4, -0.2) is 42.3 Å². The Hall–Kier alpha value is -0.770. The summed E-state index contributed by atoms with van der Waals surface area (Å²) in [4.78, 5) is 14.0. The summed E-state index contributed by atoms with van der Waals surface area (Å²) in [5.74, 6) is 0.580. The molecule has 0 radical (unpaired) electrons. The third kappa shape index (κ3) is 4.97. The molecule has 1 N–H and O–H groups in total. The molecular formula is C16H30N2O2. The molecule has 0 aromatic carbocycles. The van der Waals surface area contributed by atoms with Gasteiger partial charge in [0.1, 0.15) is 5.60 Å². The second-order valence-electron chi connectivity index (χ2n) is 7.32. The Morgan fingerprint density at radius 3 is 2.55 bits per heavy atom. The first-order valence-corrected chi connectivity index (χ1v) is 8.15. The molecule has 1 saturated heterocycles. The minimum atomic E-state index is -0.397. The topological polar surface area (TPSA) is 41.6 Å². The number of rotatable bonds is 3. The van der Waals surface area contributed by atoms with Gasteiger partial charge in [0, 0.05) is 19.1 Å². The number of nitrogens with zero attached hydrogens (tertiary/aromatic N) is 1. The molecule has 4 heteroatoms. The van der Waals surface area contributed by atoms with Crippen molar-refractivity contribution in [2.45, 2.75) is 70.9 Å². The van der Waals surface area contributed by atoms with Gasteiger partial charge in [0.25, 0.3) is 0 Å². The average molecular weight is 282 g/mol. The quantitative estimate of drug-likeness (QED) is 0.864. The van der Waals surface area contributed by atoms with E-state index in [4.69, 9.17) is 4.74 Å². The molecule has 1 saturated carbocycles. The molecule has 0 spiro atoms. The Kier molecular flexibility index (Phi) is 5.30. The normalized spacial score (nSPS) is 24.9. The van der Waals surface area contributed by atoms with Crippen molar-refractivity contribution in [3.63, 3.8) is 0 Å². The molecule has 1 heterocycles. The summed E-state index contributed by atoms with van der Waals surface area (Å²) in [5, 5.41) is 3.68. The zero-order valence-electron chi connectivity index (χ0n) is 13.3. The molecule has 0 bridgehead atoms. The molecule has 2 aliphatic rings. The number of ether oxygens (including phenoxy) is 1. The summed E-state index contributed by atoms with van der Waals surface area (Å²) in [5.41, 5.74) is -0.397.